The number of ether oxygens (including phenoxy) is 1. The lowest BCUT2D eigenvalue weighted by atomic mass is 10.1. The van der Waals surface area contributed by atoms with Gasteiger partial charge in [-0.25, -0.2) is 5.43 Å². The number of hydrazone groups is 1. The van der Waals surface area contributed by atoms with Gasteiger partial charge in [0.15, 0.2) is 0 Å². The van der Waals surface area contributed by atoms with E-state index in [1.54, 1.807) is 24.4 Å². The number of hydrogen-bond acceptors (Lipinski definition) is 5. The largest absolute Gasteiger partial charge is 0.496 e. The number of para-hydroxylation sites is 1. The highest BCUT2D eigenvalue weighted by molar-refractivity contribution is 6.03. The van der Waals surface area contributed by atoms with E-state index in [1.807, 2.05) is 65.4 Å². The first kappa shape index (κ1) is 22.8. The van der Waals surface area contributed by atoms with Gasteiger partial charge in [0.25, 0.3) is 11.6 Å². The fourth-order valence-corrected chi connectivity index (χ4v) is 4.22. The molecule has 0 atom stereocenters. The van der Waals surface area contributed by atoms with E-state index in [9.17, 15) is 14.9 Å². The zero-order valence-corrected chi connectivity index (χ0v) is 19.4. The Morgan fingerprint density at radius 3 is 2.44 bits per heavy atom. The molecule has 0 radical (unpaired) electrons. The number of nitro groups is 1. The number of nitrogens with one attached hydrogen (secondary N) is 1. The fraction of sp³-hybridized carbons (Fsp3) is 0.0714. The van der Waals surface area contributed by atoms with E-state index in [4.69, 9.17) is 4.74 Å². The molecule has 0 aliphatic heterocycles. The molecule has 1 heterocycles. The third-order valence-corrected chi connectivity index (χ3v) is 6.00. The van der Waals surface area contributed by atoms with Crippen LogP contribution < -0.4 is 10.2 Å². The molecular weight excluding hydrogens is 456 g/mol. The van der Waals surface area contributed by atoms with Crippen LogP contribution in [0.5, 0.6) is 5.75 Å². The van der Waals surface area contributed by atoms with Crippen LogP contribution in [0.25, 0.3) is 21.7 Å². The Morgan fingerprint density at radius 2 is 1.72 bits per heavy atom. The van der Waals surface area contributed by atoms with Crippen LogP contribution in [0.1, 0.15) is 21.5 Å². The summed E-state index contributed by atoms with van der Waals surface area (Å²) in [6, 6.07) is 25.7. The molecule has 0 bridgehead atoms. The lowest BCUT2D eigenvalue weighted by molar-refractivity contribution is -0.384. The third-order valence-electron chi connectivity index (χ3n) is 6.00. The van der Waals surface area contributed by atoms with Crippen LogP contribution in [0.4, 0.5) is 5.69 Å². The highest BCUT2D eigenvalue weighted by atomic mass is 16.6. The standard InChI is InChI=1S/C28H22N4O4/c1-36-27-15-21-7-3-2-6-20(21)14-25(27)28(33)30-29-16-22-18-31(26-9-5-4-8-24(22)26)17-19-10-12-23(13-11-19)32(34)35/h2-16,18H,17H2,1H3,(H,30,33)/b29-16-. The molecule has 0 saturated carbocycles. The summed E-state index contributed by atoms with van der Waals surface area (Å²) in [6.07, 6.45) is 3.55. The Hall–Kier alpha value is -4.98. The maximum atomic E-state index is 12.9. The quantitative estimate of drug-likeness (QED) is 0.189. The van der Waals surface area contributed by atoms with Crippen LogP contribution in [0.15, 0.2) is 96.2 Å². The Kier molecular flexibility index (Phi) is 6.15. The highest BCUT2D eigenvalue weighted by Gasteiger charge is 2.14. The number of benzene rings is 4. The van der Waals surface area contributed by atoms with E-state index < -0.39 is 4.92 Å². The molecule has 0 unspecified atom stereocenters. The van der Waals surface area contributed by atoms with Crippen LogP contribution in [0.3, 0.4) is 0 Å². The van der Waals surface area contributed by atoms with Crippen LogP contribution >= 0.6 is 0 Å². The molecular formula is C28H22N4O4. The third kappa shape index (κ3) is 4.52. The van der Waals surface area contributed by atoms with Gasteiger partial charge in [0, 0.05) is 41.3 Å². The molecule has 0 aliphatic rings. The zero-order chi connectivity index (χ0) is 25.1. The van der Waals surface area contributed by atoms with Crippen LogP contribution in [0.2, 0.25) is 0 Å². The summed E-state index contributed by atoms with van der Waals surface area (Å²) >= 11 is 0. The van der Waals surface area contributed by atoms with E-state index in [1.165, 1.54) is 19.2 Å². The minimum absolute atomic E-state index is 0.0581. The highest BCUT2D eigenvalue weighted by Crippen LogP contribution is 2.26. The van der Waals surface area contributed by atoms with Crippen molar-refractivity contribution in [2.45, 2.75) is 6.54 Å². The number of rotatable bonds is 7. The number of fused-ring (bicyclic) bond motifs is 2. The van der Waals surface area contributed by atoms with Crippen molar-refractivity contribution in [2.75, 3.05) is 7.11 Å². The van der Waals surface area contributed by atoms with E-state index in [2.05, 4.69) is 10.5 Å². The summed E-state index contributed by atoms with van der Waals surface area (Å²) in [4.78, 5) is 23.4. The number of nitro benzene ring substituents is 1. The molecule has 178 valence electrons. The van der Waals surface area contributed by atoms with E-state index >= 15 is 0 Å². The molecule has 1 N–H and O–H groups in total. The van der Waals surface area contributed by atoms with Gasteiger partial charge in [-0.2, -0.15) is 5.10 Å². The zero-order valence-electron chi connectivity index (χ0n) is 19.4. The topological polar surface area (TPSA) is 98.8 Å². The molecule has 0 saturated heterocycles. The summed E-state index contributed by atoms with van der Waals surface area (Å²) in [7, 11) is 1.53. The van der Waals surface area contributed by atoms with Crippen molar-refractivity contribution in [3.8, 4) is 5.75 Å². The van der Waals surface area contributed by atoms with Gasteiger partial charge >= 0.3 is 0 Å². The lowest BCUT2D eigenvalue weighted by Gasteiger charge is -2.09. The van der Waals surface area contributed by atoms with Gasteiger partial charge in [0.1, 0.15) is 5.75 Å². The Morgan fingerprint density at radius 1 is 1.03 bits per heavy atom. The molecule has 5 aromatic rings. The predicted octanol–water partition coefficient (Wildman–Crippen LogP) is 5.52. The number of amides is 1. The van der Waals surface area contributed by atoms with Crippen molar-refractivity contribution in [3.63, 3.8) is 0 Å². The van der Waals surface area contributed by atoms with E-state index in [0.29, 0.717) is 17.9 Å². The van der Waals surface area contributed by atoms with Crippen LogP contribution in [0, 0.1) is 10.1 Å². The number of non-ortho nitro benzene ring substituents is 1. The first-order chi connectivity index (χ1) is 17.5. The molecule has 1 amide bonds. The normalized spacial score (nSPS) is 11.2. The number of carbonyl (C=O) groups is 1. The van der Waals surface area contributed by atoms with Crippen molar-refractivity contribution in [3.05, 3.63) is 118 Å². The maximum absolute atomic E-state index is 12.9. The summed E-state index contributed by atoms with van der Waals surface area (Å²) in [5, 5.41) is 18.0. The summed E-state index contributed by atoms with van der Waals surface area (Å²) in [5.74, 6) is 0.101. The molecule has 8 heteroatoms. The SMILES string of the molecule is COc1cc2ccccc2cc1C(=O)N/N=C\c1cn(Cc2ccc([N+](=O)[O-])cc2)c2ccccc12. The monoisotopic (exact) mass is 478 g/mol. The number of aromatic nitrogens is 1. The second-order valence-electron chi connectivity index (χ2n) is 8.25. The predicted molar refractivity (Wildman–Crippen MR) is 140 cm³/mol. The average Bonchev–Trinajstić information content (AvgIpc) is 3.25. The van der Waals surface area contributed by atoms with Gasteiger partial charge in [0.05, 0.1) is 23.8 Å². The fourth-order valence-electron chi connectivity index (χ4n) is 4.22. The van der Waals surface area contributed by atoms with Crippen molar-refractivity contribution in [2.24, 2.45) is 5.10 Å². The van der Waals surface area contributed by atoms with E-state index in [0.717, 1.165) is 32.8 Å². The molecule has 5 rings (SSSR count). The first-order valence-corrected chi connectivity index (χ1v) is 11.2. The van der Waals surface area contributed by atoms with Crippen molar-refractivity contribution >= 4 is 39.5 Å². The summed E-state index contributed by atoms with van der Waals surface area (Å²) < 4.78 is 7.47. The minimum Gasteiger partial charge on any atom is -0.496 e. The Balaban J connectivity index is 1.38. The van der Waals surface area contributed by atoms with Crippen LogP contribution in [-0.2, 0) is 6.54 Å². The molecule has 1 aromatic heterocycles. The van der Waals surface area contributed by atoms with Gasteiger partial charge in [-0.05, 0) is 34.5 Å². The van der Waals surface area contributed by atoms with Gasteiger partial charge < -0.3 is 9.30 Å². The number of methoxy groups -OCH3 is 1. The summed E-state index contributed by atoms with van der Waals surface area (Å²) in [5.41, 5.74) is 5.81. The van der Waals surface area contributed by atoms with Crippen molar-refractivity contribution < 1.29 is 14.5 Å². The molecule has 36 heavy (non-hydrogen) atoms. The van der Waals surface area contributed by atoms with Crippen molar-refractivity contribution in [1.29, 1.82) is 0 Å². The van der Waals surface area contributed by atoms with Crippen LogP contribution in [-0.4, -0.2) is 28.7 Å². The second-order valence-corrected chi connectivity index (χ2v) is 8.25. The van der Waals surface area contributed by atoms with Gasteiger partial charge in [-0.1, -0.05) is 54.6 Å². The van der Waals surface area contributed by atoms with Gasteiger partial charge in [-0.15, -0.1) is 0 Å². The van der Waals surface area contributed by atoms with Gasteiger partial charge in [0.2, 0.25) is 0 Å². The smallest absolute Gasteiger partial charge is 0.275 e. The molecule has 0 spiro atoms. The van der Waals surface area contributed by atoms with Gasteiger partial charge in [-0.3, -0.25) is 14.9 Å². The maximum Gasteiger partial charge on any atom is 0.275 e. The Labute approximate surface area is 206 Å². The molecule has 8 nitrogen and oxygen atoms in total. The second kappa shape index (κ2) is 9.71. The summed E-state index contributed by atoms with van der Waals surface area (Å²) in [6.45, 7) is 0.535. The lowest BCUT2D eigenvalue weighted by Crippen LogP contribution is -2.18. The molecule has 0 fully saturated rings. The average molecular weight is 479 g/mol. The number of carbonyl (C=O) groups excluding carboxylic acids is 1. The molecule has 4 aromatic carbocycles. The van der Waals surface area contributed by atoms with Crippen molar-refractivity contribution in [1.82, 2.24) is 9.99 Å². The minimum atomic E-state index is -0.412. The number of nitrogens with zero attached hydrogens (tertiary/aromatic N) is 3. The molecule has 0 aliphatic carbocycles. The first-order valence-electron chi connectivity index (χ1n) is 11.2. The van der Waals surface area contributed by atoms with E-state index in [-0.39, 0.29) is 11.6 Å². The number of hydrogen-bond donors (Lipinski definition) is 1. The Bertz CT molecular complexity index is 1620.